The molecule has 2 aromatic rings. The first-order chi connectivity index (χ1) is 12.1. The zero-order valence-corrected chi connectivity index (χ0v) is 15.1. The number of nitrogens with two attached hydrogens (primary N) is 1. The van der Waals surface area contributed by atoms with Crippen LogP contribution in [0.3, 0.4) is 0 Å². The summed E-state index contributed by atoms with van der Waals surface area (Å²) < 4.78 is 0. The third-order valence-corrected chi connectivity index (χ3v) is 4.65. The van der Waals surface area contributed by atoms with Gasteiger partial charge < -0.3 is 16.0 Å². The van der Waals surface area contributed by atoms with Crippen molar-refractivity contribution in [2.24, 2.45) is 0 Å². The molecule has 0 bridgehead atoms. The van der Waals surface area contributed by atoms with Gasteiger partial charge in [0.15, 0.2) is 0 Å². The fourth-order valence-electron chi connectivity index (χ4n) is 3.24. The van der Waals surface area contributed by atoms with Gasteiger partial charge in [-0.1, -0.05) is 19.3 Å². The lowest BCUT2D eigenvalue weighted by atomic mass is 10.1. The number of anilines is 3. The Hall–Kier alpha value is -2.44. The van der Waals surface area contributed by atoms with Crippen molar-refractivity contribution in [1.82, 2.24) is 19.9 Å². The molecule has 2 aromatic heterocycles. The number of hydrogen-bond donors (Lipinski definition) is 2. The first kappa shape index (κ1) is 17.4. The van der Waals surface area contributed by atoms with Gasteiger partial charge in [0.25, 0.3) is 0 Å². The Balaban J connectivity index is 1.72. The van der Waals surface area contributed by atoms with E-state index in [1.54, 1.807) is 12.3 Å². The minimum atomic E-state index is 0.0377. The Bertz CT molecular complexity index is 696. The summed E-state index contributed by atoms with van der Waals surface area (Å²) in [6, 6.07) is 1.84. The molecule has 1 fully saturated rings. The van der Waals surface area contributed by atoms with E-state index in [1.807, 2.05) is 13.1 Å². The van der Waals surface area contributed by atoms with Gasteiger partial charge >= 0.3 is 0 Å². The average molecular weight is 341 g/mol. The molecule has 0 aromatic carbocycles. The van der Waals surface area contributed by atoms with Gasteiger partial charge in [0.2, 0.25) is 11.9 Å². The minimum Gasteiger partial charge on any atom is -0.368 e. The third-order valence-electron chi connectivity index (χ3n) is 4.65. The Morgan fingerprint density at radius 3 is 2.48 bits per heavy atom. The van der Waals surface area contributed by atoms with Crippen LogP contribution in [0.15, 0.2) is 18.5 Å². The van der Waals surface area contributed by atoms with Crippen molar-refractivity contribution in [3.63, 3.8) is 0 Å². The Kier molecular flexibility index (Phi) is 5.63. The lowest BCUT2D eigenvalue weighted by Gasteiger charge is -2.25. The van der Waals surface area contributed by atoms with Crippen molar-refractivity contribution in [3.8, 4) is 0 Å². The van der Waals surface area contributed by atoms with Gasteiger partial charge in [-0.15, -0.1) is 0 Å². The van der Waals surface area contributed by atoms with Crippen molar-refractivity contribution in [3.05, 3.63) is 29.7 Å². The van der Waals surface area contributed by atoms with Crippen molar-refractivity contribution in [1.29, 1.82) is 0 Å². The summed E-state index contributed by atoms with van der Waals surface area (Å²) in [4.78, 5) is 19.8. The smallest absolute Gasteiger partial charge is 0.225 e. The molecule has 0 amide bonds. The van der Waals surface area contributed by atoms with E-state index < -0.39 is 0 Å². The number of nitrogens with one attached hydrogen (secondary N) is 1. The van der Waals surface area contributed by atoms with Gasteiger partial charge in [0.05, 0.1) is 6.04 Å². The second kappa shape index (κ2) is 8.09. The molecule has 1 atom stereocenters. The highest BCUT2D eigenvalue weighted by atomic mass is 15.2. The fourth-order valence-corrected chi connectivity index (χ4v) is 3.24. The molecule has 3 heterocycles. The number of aromatic nitrogens is 4. The Morgan fingerprint density at radius 2 is 1.80 bits per heavy atom. The van der Waals surface area contributed by atoms with E-state index in [4.69, 9.17) is 10.7 Å². The van der Waals surface area contributed by atoms with E-state index in [1.165, 1.54) is 32.1 Å². The topological polar surface area (TPSA) is 92.9 Å². The predicted octanol–water partition coefficient (Wildman–Crippen LogP) is 3.10. The number of rotatable bonds is 4. The highest BCUT2D eigenvalue weighted by Gasteiger charge is 2.16. The highest BCUT2D eigenvalue weighted by molar-refractivity contribution is 5.42. The first-order valence-corrected chi connectivity index (χ1v) is 9.07. The van der Waals surface area contributed by atoms with Crippen LogP contribution in [0.5, 0.6) is 0 Å². The van der Waals surface area contributed by atoms with Crippen LogP contribution in [0.25, 0.3) is 0 Å². The second-order valence-electron chi connectivity index (χ2n) is 6.63. The standard InChI is InChI=1S/C18H27N7/c1-13(22-16-8-9-20-17(19)24-16)15-12-21-18(23-14(15)2)25-10-6-4-3-5-7-11-25/h8-9,12-13H,3-7,10-11H2,1-2H3,(H3,19,20,22,24). The quantitative estimate of drug-likeness (QED) is 0.882. The number of aryl methyl sites for hydroxylation is 1. The highest BCUT2D eigenvalue weighted by Crippen LogP contribution is 2.22. The largest absolute Gasteiger partial charge is 0.368 e. The summed E-state index contributed by atoms with van der Waals surface area (Å²) in [7, 11) is 0. The first-order valence-electron chi connectivity index (χ1n) is 9.07. The van der Waals surface area contributed by atoms with Gasteiger partial charge in [-0.2, -0.15) is 4.98 Å². The van der Waals surface area contributed by atoms with E-state index in [9.17, 15) is 0 Å². The molecule has 1 aliphatic rings. The molecule has 3 N–H and O–H groups in total. The molecule has 0 saturated carbocycles. The van der Waals surface area contributed by atoms with Crippen LogP contribution in [-0.2, 0) is 0 Å². The SMILES string of the molecule is Cc1nc(N2CCCCCCC2)ncc1C(C)Nc1ccnc(N)n1. The Labute approximate surface area is 149 Å². The van der Waals surface area contributed by atoms with Crippen molar-refractivity contribution >= 4 is 17.7 Å². The molecule has 1 saturated heterocycles. The number of nitrogens with zero attached hydrogens (tertiary/aromatic N) is 5. The van der Waals surface area contributed by atoms with Crippen LogP contribution >= 0.6 is 0 Å². The van der Waals surface area contributed by atoms with E-state index in [0.29, 0.717) is 5.82 Å². The third kappa shape index (κ3) is 4.55. The van der Waals surface area contributed by atoms with E-state index in [2.05, 4.69) is 32.1 Å². The Morgan fingerprint density at radius 1 is 1.08 bits per heavy atom. The van der Waals surface area contributed by atoms with Gasteiger partial charge in [-0.3, -0.25) is 0 Å². The van der Waals surface area contributed by atoms with Crippen LogP contribution < -0.4 is 16.0 Å². The molecule has 3 rings (SSSR count). The van der Waals surface area contributed by atoms with Crippen molar-refractivity contribution in [2.45, 2.75) is 52.0 Å². The van der Waals surface area contributed by atoms with Gasteiger partial charge in [0.1, 0.15) is 5.82 Å². The summed E-state index contributed by atoms with van der Waals surface area (Å²) in [5, 5.41) is 3.33. The molecule has 0 spiro atoms. The molecule has 0 radical (unpaired) electrons. The molecule has 0 aliphatic carbocycles. The van der Waals surface area contributed by atoms with E-state index in [-0.39, 0.29) is 12.0 Å². The molecule has 7 nitrogen and oxygen atoms in total. The maximum Gasteiger partial charge on any atom is 0.225 e. The summed E-state index contributed by atoms with van der Waals surface area (Å²) in [6.07, 6.45) is 9.97. The summed E-state index contributed by atoms with van der Waals surface area (Å²) in [6.45, 7) is 6.20. The zero-order chi connectivity index (χ0) is 17.6. The molecule has 1 aliphatic heterocycles. The molecular formula is C18H27N7. The van der Waals surface area contributed by atoms with Crippen molar-refractivity contribution in [2.75, 3.05) is 29.0 Å². The monoisotopic (exact) mass is 341 g/mol. The van der Waals surface area contributed by atoms with E-state index >= 15 is 0 Å². The summed E-state index contributed by atoms with van der Waals surface area (Å²) >= 11 is 0. The maximum atomic E-state index is 5.64. The van der Waals surface area contributed by atoms with Gasteiger partial charge in [-0.25, -0.2) is 15.0 Å². The lowest BCUT2D eigenvalue weighted by molar-refractivity contribution is 0.550. The van der Waals surface area contributed by atoms with Crippen LogP contribution in [0.2, 0.25) is 0 Å². The maximum absolute atomic E-state index is 5.64. The molecule has 134 valence electrons. The van der Waals surface area contributed by atoms with Gasteiger partial charge in [0, 0.05) is 36.7 Å². The number of hydrogen-bond acceptors (Lipinski definition) is 7. The predicted molar refractivity (Wildman–Crippen MR) is 101 cm³/mol. The van der Waals surface area contributed by atoms with E-state index in [0.717, 1.165) is 30.3 Å². The van der Waals surface area contributed by atoms with Crippen LogP contribution in [0, 0.1) is 6.92 Å². The summed E-state index contributed by atoms with van der Waals surface area (Å²) in [5.74, 6) is 1.81. The zero-order valence-electron chi connectivity index (χ0n) is 15.1. The normalized spacial score (nSPS) is 16.8. The van der Waals surface area contributed by atoms with Crippen LogP contribution in [-0.4, -0.2) is 33.0 Å². The molecule has 7 heteroatoms. The summed E-state index contributed by atoms with van der Waals surface area (Å²) in [5.41, 5.74) is 7.69. The fraction of sp³-hybridized carbons (Fsp3) is 0.556. The van der Waals surface area contributed by atoms with Crippen LogP contribution in [0.1, 0.15) is 56.3 Å². The number of nitrogen functional groups attached to an aromatic ring is 1. The van der Waals surface area contributed by atoms with Crippen molar-refractivity contribution < 1.29 is 0 Å². The lowest BCUT2D eigenvalue weighted by Crippen LogP contribution is -2.29. The second-order valence-corrected chi connectivity index (χ2v) is 6.63. The minimum absolute atomic E-state index is 0.0377. The molecule has 1 unspecified atom stereocenters. The average Bonchev–Trinajstić information content (AvgIpc) is 2.54. The van der Waals surface area contributed by atoms with Gasteiger partial charge in [-0.05, 0) is 32.8 Å². The molecular weight excluding hydrogens is 314 g/mol. The molecule has 25 heavy (non-hydrogen) atoms. The van der Waals surface area contributed by atoms with Crippen LogP contribution in [0.4, 0.5) is 17.7 Å².